The van der Waals surface area contributed by atoms with Crippen molar-refractivity contribution in [1.29, 1.82) is 0 Å². The van der Waals surface area contributed by atoms with Crippen LogP contribution in [0.5, 0.6) is 0 Å². The summed E-state index contributed by atoms with van der Waals surface area (Å²) < 4.78 is 0. The van der Waals surface area contributed by atoms with Crippen LogP contribution in [0, 0.1) is 0 Å². The van der Waals surface area contributed by atoms with E-state index in [2.05, 4.69) is 15.4 Å². The van der Waals surface area contributed by atoms with E-state index >= 15 is 0 Å². The number of hydrogen-bond acceptors (Lipinski definition) is 4. The molecule has 4 nitrogen and oxygen atoms in total. The number of halogens is 2. The molecule has 0 spiro atoms. The minimum atomic E-state index is 0.544. The molecule has 1 aromatic heterocycles. The molecular formula is C14H14Cl2N4. The van der Waals surface area contributed by atoms with Crippen LogP contribution in [0.15, 0.2) is 18.2 Å². The lowest BCUT2D eigenvalue weighted by molar-refractivity contribution is 0.885. The summed E-state index contributed by atoms with van der Waals surface area (Å²) in [7, 11) is 0. The summed E-state index contributed by atoms with van der Waals surface area (Å²) in [5.74, 6) is 7.04. The molecule has 0 amide bonds. The maximum atomic E-state index is 6.03. The molecule has 1 heterocycles. The van der Waals surface area contributed by atoms with Crippen molar-refractivity contribution in [3.05, 3.63) is 50.9 Å². The summed E-state index contributed by atoms with van der Waals surface area (Å²) in [4.78, 5) is 9.11. The van der Waals surface area contributed by atoms with Gasteiger partial charge in [-0.3, -0.25) is 0 Å². The first-order valence-electron chi connectivity index (χ1n) is 6.46. The zero-order chi connectivity index (χ0) is 14.1. The molecule has 0 bridgehead atoms. The number of nitrogens with one attached hydrogen (secondary N) is 1. The van der Waals surface area contributed by atoms with Gasteiger partial charge in [0.2, 0.25) is 0 Å². The molecule has 20 heavy (non-hydrogen) atoms. The zero-order valence-corrected chi connectivity index (χ0v) is 12.3. The average molecular weight is 309 g/mol. The third-order valence-corrected chi connectivity index (χ3v) is 4.20. The molecule has 0 saturated heterocycles. The highest BCUT2D eigenvalue weighted by atomic mass is 35.5. The predicted molar refractivity (Wildman–Crippen MR) is 81.1 cm³/mol. The fourth-order valence-electron chi connectivity index (χ4n) is 2.51. The molecule has 0 saturated carbocycles. The first kappa shape index (κ1) is 13.6. The quantitative estimate of drug-likeness (QED) is 0.675. The molecule has 0 aliphatic heterocycles. The minimum absolute atomic E-state index is 0.544. The second-order valence-corrected chi connectivity index (χ2v) is 5.65. The van der Waals surface area contributed by atoms with Gasteiger partial charge in [0.1, 0.15) is 11.6 Å². The van der Waals surface area contributed by atoms with Crippen LogP contribution < -0.4 is 11.3 Å². The van der Waals surface area contributed by atoms with Crippen molar-refractivity contribution in [2.45, 2.75) is 25.7 Å². The second-order valence-electron chi connectivity index (χ2n) is 4.84. The molecule has 0 fully saturated rings. The van der Waals surface area contributed by atoms with Gasteiger partial charge in [0.25, 0.3) is 0 Å². The van der Waals surface area contributed by atoms with Crippen molar-refractivity contribution in [3.8, 4) is 0 Å². The number of nitrogen functional groups attached to an aromatic ring is 1. The van der Waals surface area contributed by atoms with Gasteiger partial charge in [-0.2, -0.15) is 0 Å². The van der Waals surface area contributed by atoms with Crippen LogP contribution in [0.25, 0.3) is 0 Å². The van der Waals surface area contributed by atoms with E-state index in [1.165, 1.54) is 0 Å². The van der Waals surface area contributed by atoms with Crippen LogP contribution in [-0.2, 0) is 19.3 Å². The van der Waals surface area contributed by atoms with Crippen LogP contribution in [0.2, 0.25) is 10.0 Å². The van der Waals surface area contributed by atoms with Crippen molar-refractivity contribution in [3.63, 3.8) is 0 Å². The Hall–Kier alpha value is -1.36. The molecule has 1 aliphatic rings. The second kappa shape index (κ2) is 5.56. The highest BCUT2D eigenvalue weighted by molar-refractivity contribution is 6.42. The highest BCUT2D eigenvalue weighted by Crippen LogP contribution is 2.27. The lowest BCUT2D eigenvalue weighted by atomic mass is 10.1. The third-order valence-electron chi connectivity index (χ3n) is 3.46. The number of benzene rings is 1. The van der Waals surface area contributed by atoms with Crippen LogP contribution in [0.1, 0.15) is 29.1 Å². The largest absolute Gasteiger partial charge is 0.308 e. The van der Waals surface area contributed by atoms with Crippen LogP contribution in [-0.4, -0.2) is 9.97 Å². The maximum absolute atomic E-state index is 6.03. The molecule has 0 unspecified atom stereocenters. The smallest absolute Gasteiger partial charge is 0.147 e. The van der Waals surface area contributed by atoms with E-state index in [1.54, 1.807) is 6.07 Å². The summed E-state index contributed by atoms with van der Waals surface area (Å²) in [5.41, 5.74) is 5.95. The van der Waals surface area contributed by atoms with Crippen LogP contribution >= 0.6 is 23.2 Å². The van der Waals surface area contributed by atoms with Crippen molar-refractivity contribution in [1.82, 2.24) is 9.97 Å². The van der Waals surface area contributed by atoms with Gasteiger partial charge < -0.3 is 5.43 Å². The molecule has 2 aromatic rings. The Morgan fingerprint density at radius 2 is 2.00 bits per heavy atom. The first-order valence-corrected chi connectivity index (χ1v) is 7.22. The Kier molecular flexibility index (Phi) is 3.78. The summed E-state index contributed by atoms with van der Waals surface area (Å²) in [6.45, 7) is 0. The lowest BCUT2D eigenvalue weighted by Gasteiger charge is -2.09. The predicted octanol–water partition coefficient (Wildman–Crippen LogP) is 3.15. The van der Waals surface area contributed by atoms with Gasteiger partial charge in [-0.05, 0) is 37.0 Å². The van der Waals surface area contributed by atoms with Gasteiger partial charge in [0.05, 0.1) is 10.0 Å². The minimum Gasteiger partial charge on any atom is -0.308 e. The number of anilines is 1. The average Bonchev–Trinajstić information content (AvgIpc) is 2.90. The Balaban J connectivity index is 1.92. The van der Waals surface area contributed by atoms with Crippen LogP contribution in [0.3, 0.4) is 0 Å². The molecular weight excluding hydrogens is 295 g/mol. The molecule has 0 atom stereocenters. The lowest BCUT2D eigenvalue weighted by Crippen LogP contribution is -2.14. The van der Waals surface area contributed by atoms with E-state index in [0.717, 1.165) is 47.7 Å². The number of nitrogens with zero attached hydrogens (tertiary/aromatic N) is 2. The number of hydrazine groups is 1. The third kappa shape index (κ3) is 2.59. The van der Waals surface area contributed by atoms with Crippen molar-refractivity contribution in [2.24, 2.45) is 5.84 Å². The molecule has 6 heteroatoms. The molecule has 0 radical (unpaired) electrons. The Morgan fingerprint density at radius 3 is 2.75 bits per heavy atom. The monoisotopic (exact) mass is 308 g/mol. The van der Waals surface area contributed by atoms with Gasteiger partial charge in [-0.1, -0.05) is 29.3 Å². The van der Waals surface area contributed by atoms with E-state index in [4.69, 9.17) is 29.0 Å². The fourth-order valence-corrected chi connectivity index (χ4v) is 2.83. The standard InChI is InChI=1S/C14H14Cl2N4/c15-10-5-4-8(6-11(10)16)7-13-18-12-3-1-2-9(12)14(19-13)20-17/h4-6H,1-3,7,17H2,(H,18,19,20). The van der Waals surface area contributed by atoms with Gasteiger partial charge >= 0.3 is 0 Å². The van der Waals surface area contributed by atoms with E-state index in [9.17, 15) is 0 Å². The fraction of sp³-hybridized carbons (Fsp3) is 0.286. The Labute approximate surface area is 127 Å². The van der Waals surface area contributed by atoms with E-state index < -0.39 is 0 Å². The topological polar surface area (TPSA) is 63.8 Å². The van der Waals surface area contributed by atoms with Gasteiger partial charge in [-0.15, -0.1) is 0 Å². The molecule has 3 rings (SSSR count). The Bertz CT molecular complexity index is 658. The first-order chi connectivity index (χ1) is 9.67. The number of aromatic nitrogens is 2. The van der Waals surface area contributed by atoms with Gasteiger partial charge in [-0.25, -0.2) is 15.8 Å². The summed E-state index contributed by atoms with van der Waals surface area (Å²) in [6.07, 6.45) is 3.69. The number of nitrogens with two attached hydrogens (primary N) is 1. The van der Waals surface area contributed by atoms with E-state index in [1.807, 2.05) is 12.1 Å². The summed E-state index contributed by atoms with van der Waals surface area (Å²) in [6, 6.07) is 5.56. The number of aryl methyl sites for hydroxylation is 1. The van der Waals surface area contributed by atoms with Crippen molar-refractivity contribution < 1.29 is 0 Å². The van der Waals surface area contributed by atoms with Gasteiger partial charge in [0, 0.05) is 17.7 Å². The zero-order valence-electron chi connectivity index (χ0n) is 10.8. The van der Waals surface area contributed by atoms with Crippen LogP contribution in [0.4, 0.5) is 5.82 Å². The number of fused-ring (bicyclic) bond motifs is 1. The van der Waals surface area contributed by atoms with Gasteiger partial charge in [0.15, 0.2) is 0 Å². The highest BCUT2D eigenvalue weighted by Gasteiger charge is 2.18. The number of hydrogen-bond donors (Lipinski definition) is 2. The molecule has 1 aromatic carbocycles. The maximum Gasteiger partial charge on any atom is 0.147 e. The van der Waals surface area contributed by atoms with E-state index in [-0.39, 0.29) is 0 Å². The molecule has 1 aliphatic carbocycles. The van der Waals surface area contributed by atoms with Crippen molar-refractivity contribution in [2.75, 3.05) is 5.43 Å². The Morgan fingerprint density at radius 1 is 1.15 bits per heavy atom. The molecule has 3 N–H and O–H groups in total. The molecule has 104 valence electrons. The van der Waals surface area contributed by atoms with Crippen molar-refractivity contribution >= 4 is 29.0 Å². The summed E-state index contributed by atoms with van der Waals surface area (Å²) in [5, 5.41) is 1.09. The SMILES string of the molecule is NNc1nc(Cc2ccc(Cl)c(Cl)c2)nc2c1CCC2. The summed E-state index contributed by atoms with van der Waals surface area (Å²) >= 11 is 11.9. The normalized spacial score (nSPS) is 13.3. The number of rotatable bonds is 3. The van der Waals surface area contributed by atoms with E-state index in [0.29, 0.717) is 16.5 Å².